The number of aryl methyl sites for hydroxylation is 1. The molecule has 100 valence electrons. The number of aromatic nitrogens is 1. The molecule has 2 N–H and O–H groups in total. The number of benzene rings is 2. The van der Waals surface area contributed by atoms with E-state index in [2.05, 4.69) is 29.4 Å². The zero-order valence-electron chi connectivity index (χ0n) is 11.3. The minimum atomic E-state index is 0.254. The number of phenolic OH excluding ortho intramolecular Hbond substituents is 1. The Labute approximate surface area is 117 Å². The van der Waals surface area contributed by atoms with Gasteiger partial charge in [0.25, 0.3) is 0 Å². The summed E-state index contributed by atoms with van der Waals surface area (Å²) >= 11 is 0. The van der Waals surface area contributed by atoms with E-state index in [1.807, 2.05) is 24.3 Å². The minimum absolute atomic E-state index is 0.254. The number of nitrogens with zero attached hydrogens (tertiary/aromatic N) is 1. The van der Waals surface area contributed by atoms with Gasteiger partial charge in [0.1, 0.15) is 11.6 Å². The number of aromatic hydroxyl groups is 1. The minimum Gasteiger partial charge on any atom is -0.508 e. The molecule has 1 heterocycles. The fourth-order valence-corrected chi connectivity index (χ4v) is 2.28. The van der Waals surface area contributed by atoms with Gasteiger partial charge in [-0.05, 0) is 41.6 Å². The first-order valence-corrected chi connectivity index (χ1v) is 6.60. The van der Waals surface area contributed by atoms with Crippen LogP contribution in [0, 0.1) is 6.92 Å². The van der Waals surface area contributed by atoms with E-state index in [0.29, 0.717) is 6.54 Å². The van der Waals surface area contributed by atoms with Crippen molar-refractivity contribution in [3.8, 4) is 5.75 Å². The summed E-state index contributed by atoms with van der Waals surface area (Å²) in [4.78, 5) is 4.37. The maximum absolute atomic E-state index is 9.63. The van der Waals surface area contributed by atoms with Crippen molar-refractivity contribution in [3.63, 3.8) is 0 Å². The number of hydrogen-bond acceptors (Lipinski definition) is 3. The molecule has 0 aliphatic rings. The second-order valence-electron chi connectivity index (χ2n) is 4.85. The van der Waals surface area contributed by atoms with Crippen LogP contribution in [-0.2, 0) is 6.54 Å². The molecule has 3 rings (SSSR count). The zero-order valence-corrected chi connectivity index (χ0v) is 11.3. The Bertz CT molecular complexity index is 753. The number of phenols is 1. The van der Waals surface area contributed by atoms with E-state index in [0.717, 1.165) is 16.6 Å². The zero-order chi connectivity index (χ0) is 13.9. The van der Waals surface area contributed by atoms with Crippen LogP contribution < -0.4 is 5.32 Å². The third-order valence-corrected chi connectivity index (χ3v) is 3.46. The van der Waals surface area contributed by atoms with Gasteiger partial charge in [0.15, 0.2) is 0 Å². The van der Waals surface area contributed by atoms with Crippen molar-refractivity contribution in [3.05, 3.63) is 65.9 Å². The molecular formula is C17H16N2O. The molecule has 0 atom stereocenters. The highest BCUT2D eigenvalue weighted by Gasteiger charge is 2.04. The molecule has 0 spiro atoms. The van der Waals surface area contributed by atoms with Gasteiger partial charge in [0.2, 0.25) is 0 Å². The molecular weight excluding hydrogens is 248 g/mol. The molecule has 0 fully saturated rings. The second-order valence-corrected chi connectivity index (χ2v) is 4.85. The first-order valence-electron chi connectivity index (χ1n) is 6.60. The largest absolute Gasteiger partial charge is 0.508 e. The molecule has 0 aliphatic carbocycles. The van der Waals surface area contributed by atoms with Crippen LogP contribution >= 0.6 is 0 Å². The van der Waals surface area contributed by atoms with Crippen molar-refractivity contribution >= 4 is 16.6 Å². The lowest BCUT2D eigenvalue weighted by Crippen LogP contribution is -2.03. The highest BCUT2D eigenvalue weighted by atomic mass is 16.3. The Kier molecular flexibility index (Phi) is 3.25. The van der Waals surface area contributed by atoms with Crippen LogP contribution in [0.5, 0.6) is 5.75 Å². The van der Waals surface area contributed by atoms with Gasteiger partial charge in [-0.2, -0.15) is 0 Å². The summed E-state index contributed by atoms with van der Waals surface area (Å²) in [6.45, 7) is 2.81. The second kappa shape index (κ2) is 5.21. The maximum Gasteiger partial charge on any atom is 0.134 e. The quantitative estimate of drug-likeness (QED) is 0.755. The third-order valence-electron chi connectivity index (χ3n) is 3.46. The van der Waals surface area contributed by atoms with Crippen molar-refractivity contribution in [2.45, 2.75) is 13.5 Å². The van der Waals surface area contributed by atoms with E-state index in [9.17, 15) is 5.11 Å². The number of hydrogen-bond donors (Lipinski definition) is 2. The third kappa shape index (κ3) is 2.43. The Morgan fingerprint density at radius 1 is 1.10 bits per heavy atom. The number of pyridine rings is 1. The van der Waals surface area contributed by atoms with E-state index in [-0.39, 0.29) is 5.75 Å². The summed E-state index contributed by atoms with van der Waals surface area (Å²) in [7, 11) is 0. The van der Waals surface area contributed by atoms with Gasteiger partial charge >= 0.3 is 0 Å². The van der Waals surface area contributed by atoms with E-state index in [1.165, 1.54) is 11.1 Å². The van der Waals surface area contributed by atoms with E-state index in [1.54, 1.807) is 18.3 Å². The smallest absolute Gasteiger partial charge is 0.134 e. The van der Waals surface area contributed by atoms with E-state index >= 15 is 0 Å². The van der Waals surface area contributed by atoms with Gasteiger partial charge in [-0.15, -0.1) is 0 Å². The predicted molar refractivity (Wildman–Crippen MR) is 81.9 cm³/mol. The lowest BCUT2D eigenvalue weighted by molar-refractivity contribution is 0.476. The highest BCUT2D eigenvalue weighted by Crippen LogP contribution is 2.25. The van der Waals surface area contributed by atoms with Crippen molar-refractivity contribution in [2.75, 3.05) is 5.32 Å². The molecule has 0 saturated carbocycles. The summed E-state index contributed by atoms with van der Waals surface area (Å²) in [6, 6.07) is 15.5. The van der Waals surface area contributed by atoms with Crippen LogP contribution in [0.2, 0.25) is 0 Å². The van der Waals surface area contributed by atoms with Crippen molar-refractivity contribution < 1.29 is 5.11 Å². The Morgan fingerprint density at radius 2 is 1.95 bits per heavy atom. The molecule has 0 aliphatic heterocycles. The normalized spacial score (nSPS) is 10.7. The molecule has 2 aromatic carbocycles. The molecule has 0 radical (unpaired) electrons. The summed E-state index contributed by atoms with van der Waals surface area (Å²) in [5, 5.41) is 15.0. The number of nitrogens with one attached hydrogen (secondary N) is 1. The highest BCUT2D eigenvalue weighted by molar-refractivity contribution is 5.92. The Hall–Kier alpha value is -2.55. The van der Waals surface area contributed by atoms with Crippen LogP contribution in [-0.4, -0.2) is 10.1 Å². The molecule has 3 heteroatoms. The van der Waals surface area contributed by atoms with E-state index in [4.69, 9.17) is 0 Å². The number of fused-ring (bicyclic) bond motifs is 1. The van der Waals surface area contributed by atoms with Crippen molar-refractivity contribution in [2.24, 2.45) is 0 Å². The molecule has 3 aromatic rings. The average Bonchev–Trinajstić information content (AvgIpc) is 2.46. The first kappa shape index (κ1) is 12.5. The van der Waals surface area contributed by atoms with Gasteiger partial charge in [-0.25, -0.2) is 4.98 Å². The summed E-state index contributed by atoms with van der Waals surface area (Å²) in [5.41, 5.74) is 2.49. The monoisotopic (exact) mass is 264 g/mol. The lowest BCUT2D eigenvalue weighted by atomic mass is 10.1. The van der Waals surface area contributed by atoms with Crippen LogP contribution in [0.1, 0.15) is 11.1 Å². The van der Waals surface area contributed by atoms with Crippen LogP contribution in [0.25, 0.3) is 10.8 Å². The van der Waals surface area contributed by atoms with Crippen molar-refractivity contribution in [1.29, 1.82) is 0 Å². The Morgan fingerprint density at radius 3 is 2.80 bits per heavy atom. The van der Waals surface area contributed by atoms with Gasteiger partial charge in [0.05, 0.1) is 0 Å². The summed E-state index contributed by atoms with van der Waals surface area (Å²) in [5.74, 6) is 1.05. The summed E-state index contributed by atoms with van der Waals surface area (Å²) in [6.07, 6.45) is 1.78. The SMILES string of the molecule is Cc1ccccc1CNc1nccc2ccc(O)cc12. The first-order chi connectivity index (χ1) is 9.74. The van der Waals surface area contributed by atoms with Gasteiger partial charge in [-0.1, -0.05) is 30.3 Å². The summed E-state index contributed by atoms with van der Waals surface area (Å²) < 4.78 is 0. The van der Waals surface area contributed by atoms with Crippen LogP contribution in [0.3, 0.4) is 0 Å². The van der Waals surface area contributed by atoms with Gasteiger partial charge in [-0.3, -0.25) is 0 Å². The van der Waals surface area contributed by atoms with Gasteiger partial charge in [0, 0.05) is 18.1 Å². The topological polar surface area (TPSA) is 45.2 Å². The molecule has 20 heavy (non-hydrogen) atoms. The van der Waals surface area contributed by atoms with Crippen LogP contribution in [0.15, 0.2) is 54.7 Å². The fourth-order valence-electron chi connectivity index (χ4n) is 2.28. The molecule has 0 amide bonds. The maximum atomic E-state index is 9.63. The number of rotatable bonds is 3. The van der Waals surface area contributed by atoms with E-state index < -0.39 is 0 Å². The molecule has 3 nitrogen and oxygen atoms in total. The number of anilines is 1. The molecule has 0 saturated heterocycles. The molecule has 1 aromatic heterocycles. The standard InChI is InChI=1S/C17H16N2O/c1-12-4-2-3-5-14(12)11-19-17-16-10-15(20)7-6-13(16)8-9-18-17/h2-10,20H,11H2,1H3,(H,18,19). The van der Waals surface area contributed by atoms with Gasteiger partial charge < -0.3 is 10.4 Å². The Balaban J connectivity index is 1.91. The molecule has 0 bridgehead atoms. The fraction of sp³-hybridized carbons (Fsp3) is 0.118. The average molecular weight is 264 g/mol. The molecule has 0 unspecified atom stereocenters. The van der Waals surface area contributed by atoms with Crippen LogP contribution in [0.4, 0.5) is 5.82 Å². The van der Waals surface area contributed by atoms with Crippen molar-refractivity contribution in [1.82, 2.24) is 4.98 Å². The lowest BCUT2D eigenvalue weighted by Gasteiger charge is -2.10. The predicted octanol–water partition coefficient (Wildman–Crippen LogP) is 3.86.